The molecule has 112 valence electrons. The highest BCUT2D eigenvalue weighted by atomic mass is 16.5. The quantitative estimate of drug-likeness (QED) is 0.938. The predicted molar refractivity (Wildman–Crippen MR) is 83.8 cm³/mol. The van der Waals surface area contributed by atoms with Crippen LogP contribution in [0.2, 0.25) is 0 Å². The average Bonchev–Trinajstić information content (AvgIpc) is 2.77. The molecule has 1 atom stereocenters. The smallest absolute Gasteiger partial charge is 0.231 e. The lowest BCUT2D eigenvalue weighted by atomic mass is 9.98. The number of rotatable bonds is 4. The number of carbonyl (C=O) groups excluding carboxylic acids is 1. The maximum atomic E-state index is 12.5. The van der Waals surface area contributed by atoms with Crippen LogP contribution >= 0.6 is 0 Å². The Balaban J connectivity index is 2.23. The molecule has 21 heavy (non-hydrogen) atoms. The second-order valence-corrected chi connectivity index (χ2v) is 5.36. The Bertz CT molecular complexity index is 627. The molecule has 2 aromatic rings. The van der Waals surface area contributed by atoms with Crippen molar-refractivity contribution in [2.45, 2.75) is 26.7 Å². The first-order valence-corrected chi connectivity index (χ1v) is 6.91. The fourth-order valence-corrected chi connectivity index (χ4v) is 2.45. The Kier molecular flexibility index (Phi) is 4.31. The van der Waals surface area contributed by atoms with Gasteiger partial charge in [-0.05, 0) is 32.9 Å². The number of hydrogen-bond acceptors (Lipinski definition) is 4. The van der Waals surface area contributed by atoms with Gasteiger partial charge in [-0.25, -0.2) is 0 Å². The normalized spacial score (nSPS) is 12.0. The van der Waals surface area contributed by atoms with Gasteiger partial charge < -0.3 is 14.7 Å². The number of nitrogens with zero attached hydrogens (tertiary/aromatic N) is 2. The van der Waals surface area contributed by atoms with Gasteiger partial charge in [-0.15, -0.1) is 0 Å². The number of benzene rings is 1. The highest BCUT2D eigenvalue weighted by Gasteiger charge is 2.23. The fraction of sp³-hybridized carbons (Fsp3) is 0.375. The SMILES string of the molecule is Cc1noc(C)c1[C@H](C)C(=O)Nc1ccccc1N(C)C. The number of carbonyl (C=O) groups is 1. The van der Waals surface area contributed by atoms with Gasteiger partial charge in [0.2, 0.25) is 5.91 Å². The van der Waals surface area contributed by atoms with E-state index in [0.29, 0.717) is 5.76 Å². The molecule has 0 fully saturated rings. The molecule has 2 rings (SSSR count). The number of para-hydroxylation sites is 2. The summed E-state index contributed by atoms with van der Waals surface area (Å²) in [7, 11) is 3.89. The minimum absolute atomic E-state index is 0.0706. The molecule has 0 saturated carbocycles. The van der Waals surface area contributed by atoms with Gasteiger partial charge in [0.15, 0.2) is 0 Å². The molecule has 0 saturated heterocycles. The van der Waals surface area contributed by atoms with Crippen LogP contribution in [0, 0.1) is 13.8 Å². The molecule has 1 amide bonds. The summed E-state index contributed by atoms with van der Waals surface area (Å²) in [5, 5.41) is 6.89. The highest BCUT2D eigenvalue weighted by Crippen LogP contribution is 2.27. The van der Waals surface area contributed by atoms with Gasteiger partial charge in [0, 0.05) is 19.7 Å². The third-order valence-corrected chi connectivity index (χ3v) is 3.56. The Morgan fingerprint density at radius 3 is 2.52 bits per heavy atom. The average molecular weight is 287 g/mol. The fourth-order valence-electron chi connectivity index (χ4n) is 2.45. The summed E-state index contributed by atoms with van der Waals surface area (Å²) in [5.74, 6) is 0.307. The van der Waals surface area contributed by atoms with Gasteiger partial charge in [-0.2, -0.15) is 0 Å². The van der Waals surface area contributed by atoms with Gasteiger partial charge in [0.1, 0.15) is 5.76 Å². The standard InChI is InChI=1S/C16H21N3O2/c1-10(15-11(2)18-21-12(15)3)16(20)17-13-8-6-7-9-14(13)19(4)5/h6-10H,1-5H3,(H,17,20)/t10-/m0/s1. The van der Waals surface area contributed by atoms with E-state index in [2.05, 4.69) is 10.5 Å². The summed E-state index contributed by atoms with van der Waals surface area (Å²) in [6.07, 6.45) is 0. The summed E-state index contributed by atoms with van der Waals surface area (Å²) < 4.78 is 5.14. The monoisotopic (exact) mass is 287 g/mol. The van der Waals surface area contributed by atoms with Crippen LogP contribution in [0.25, 0.3) is 0 Å². The number of aromatic nitrogens is 1. The lowest BCUT2D eigenvalue weighted by molar-refractivity contribution is -0.117. The van der Waals surface area contributed by atoms with E-state index in [1.165, 1.54) is 0 Å². The largest absolute Gasteiger partial charge is 0.376 e. The number of anilines is 2. The first-order valence-electron chi connectivity index (χ1n) is 6.91. The zero-order chi connectivity index (χ0) is 15.6. The van der Waals surface area contributed by atoms with E-state index in [-0.39, 0.29) is 11.8 Å². The van der Waals surface area contributed by atoms with E-state index in [9.17, 15) is 4.79 Å². The highest BCUT2D eigenvalue weighted by molar-refractivity contribution is 5.98. The molecule has 1 heterocycles. The van der Waals surface area contributed by atoms with Crippen molar-refractivity contribution in [3.63, 3.8) is 0 Å². The lowest BCUT2D eigenvalue weighted by Gasteiger charge is -2.19. The molecule has 1 aromatic heterocycles. The molecule has 0 spiro atoms. The summed E-state index contributed by atoms with van der Waals surface area (Å²) in [6.45, 7) is 5.54. The van der Waals surface area contributed by atoms with E-state index >= 15 is 0 Å². The van der Waals surface area contributed by atoms with E-state index in [0.717, 1.165) is 22.6 Å². The Labute approximate surface area is 124 Å². The molecule has 1 N–H and O–H groups in total. The number of nitrogens with one attached hydrogen (secondary N) is 1. The topological polar surface area (TPSA) is 58.4 Å². The van der Waals surface area contributed by atoms with Crippen molar-refractivity contribution in [2.75, 3.05) is 24.3 Å². The molecule has 0 aliphatic carbocycles. The van der Waals surface area contributed by atoms with E-state index in [1.807, 2.05) is 64.0 Å². The number of amides is 1. The molecule has 5 nitrogen and oxygen atoms in total. The summed E-state index contributed by atoms with van der Waals surface area (Å²) in [4.78, 5) is 14.5. The second kappa shape index (κ2) is 5.99. The van der Waals surface area contributed by atoms with Crippen molar-refractivity contribution < 1.29 is 9.32 Å². The Hall–Kier alpha value is -2.30. The summed E-state index contributed by atoms with van der Waals surface area (Å²) >= 11 is 0. The Morgan fingerprint density at radius 2 is 1.95 bits per heavy atom. The van der Waals surface area contributed by atoms with Gasteiger partial charge >= 0.3 is 0 Å². The van der Waals surface area contributed by atoms with Crippen LogP contribution in [0.3, 0.4) is 0 Å². The van der Waals surface area contributed by atoms with Crippen molar-refractivity contribution in [1.82, 2.24) is 5.16 Å². The van der Waals surface area contributed by atoms with Gasteiger partial charge in [0.25, 0.3) is 0 Å². The van der Waals surface area contributed by atoms with Crippen LogP contribution in [-0.2, 0) is 4.79 Å². The minimum atomic E-state index is -0.313. The zero-order valence-corrected chi connectivity index (χ0v) is 13.1. The van der Waals surface area contributed by atoms with Gasteiger partial charge in [-0.3, -0.25) is 4.79 Å². The molecular formula is C16H21N3O2. The van der Waals surface area contributed by atoms with Crippen molar-refractivity contribution in [3.8, 4) is 0 Å². The van der Waals surface area contributed by atoms with E-state index in [1.54, 1.807) is 0 Å². The predicted octanol–water partition coefficient (Wildman–Crippen LogP) is 3.10. The molecule has 0 unspecified atom stereocenters. The summed E-state index contributed by atoms with van der Waals surface area (Å²) in [6, 6.07) is 7.72. The molecule has 0 bridgehead atoms. The van der Waals surface area contributed by atoms with Crippen LogP contribution < -0.4 is 10.2 Å². The van der Waals surface area contributed by atoms with Crippen molar-refractivity contribution in [3.05, 3.63) is 41.3 Å². The maximum Gasteiger partial charge on any atom is 0.231 e. The molecule has 0 radical (unpaired) electrons. The number of hydrogen-bond donors (Lipinski definition) is 1. The van der Waals surface area contributed by atoms with Crippen LogP contribution in [0.5, 0.6) is 0 Å². The van der Waals surface area contributed by atoms with Gasteiger partial charge in [0.05, 0.1) is 23.0 Å². The molecule has 0 aliphatic rings. The van der Waals surface area contributed by atoms with Crippen LogP contribution in [0.1, 0.15) is 29.9 Å². The van der Waals surface area contributed by atoms with E-state index < -0.39 is 0 Å². The molecule has 5 heteroatoms. The minimum Gasteiger partial charge on any atom is -0.376 e. The van der Waals surface area contributed by atoms with Gasteiger partial charge in [-0.1, -0.05) is 17.3 Å². The summed E-state index contributed by atoms with van der Waals surface area (Å²) in [5.41, 5.74) is 3.38. The first-order chi connectivity index (χ1) is 9.91. The third kappa shape index (κ3) is 3.07. The van der Waals surface area contributed by atoms with Crippen LogP contribution in [0.4, 0.5) is 11.4 Å². The first kappa shape index (κ1) is 15.1. The maximum absolute atomic E-state index is 12.5. The molecular weight excluding hydrogens is 266 g/mol. The van der Waals surface area contributed by atoms with Crippen LogP contribution in [0.15, 0.2) is 28.8 Å². The number of aryl methyl sites for hydroxylation is 2. The Morgan fingerprint density at radius 1 is 1.29 bits per heavy atom. The lowest BCUT2D eigenvalue weighted by Crippen LogP contribution is -2.21. The van der Waals surface area contributed by atoms with Crippen molar-refractivity contribution in [1.29, 1.82) is 0 Å². The molecule has 1 aromatic carbocycles. The van der Waals surface area contributed by atoms with E-state index in [4.69, 9.17) is 4.52 Å². The van der Waals surface area contributed by atoms with Crippen molar-refractivity contribution >= 4 is 17.3 Å². The molecule has 0 aliphatic heterocycles. The third-order valence-electron chi connectivity index (χ3n) is 3.56. The van der Waals surface area contributed by atoms with Crippen LogP contribution in [-0.4, -0.2) is 25.2 Å². The second-order valence-electron chi connectivity index (χ2n) is 5.36. The van der Waals surface area contributed by atoms with Crippen molar-refractivity contribution in [2.24, 2.45) is 0 Å². The zero-order valence-electron chi connectivity index (χ0n) is 13.1.